The molecule has 17 heavy (non-hydrogen) atoms. The van der Waals surface area contributed by atoms with Crippen LogP contribution in [0.25, 0.3) is 0 Å². The van der Waals surface area contributed by atoms with Crippen molar-refractivity contribution in [3.63, 3.8) is 0 Å². The molecule has 94 valence electrons. The number of aromatic nitrogens is 1. The van der Waals surface area contributed by atoms with Crippen molar-refractivity contribution in [3.8, 4) is 5.75 Å². The van der Waals surface area contributed by atoms with Gasteiger partial charge in [0.1, 0.15) is 12.4 Å². The molecule has 1 N–H and O–H groups in total. The SMILES string of the molecule is CN1CCCCC1COc1ccnc(CO)c1. The first kappa shape index (κ1) is 12.3. The van der Waals surface area contributed by atoms with E-state index >= 15 is 0 Å². The van der Waals surface area contributed by atoms with Gasteiger partial charge in [-0.05, 0) is 32.5 Å². The third-order valence-corrected chi connectivity index (χ3v) is 3.31. The highest BCUT2D eigenvalue weighted by Crippen LogP contribution is 2.17. The number of likely N-dealkylation sites (N-methyl/N-ethyl adjacent to an activating group) is 1. The van der Waals surface area contributed by atoms with Crippen LogP contribution in [0, 0.1) is 0 Å². The van der Waals surface area contributed by atoms with E-state index in [0.29, 0.717) is 18.3 Å². The molecule has 2 heterocycles. The van der Waals surface area contributed by atoms with Crippen LogP contribution in [-0.4, -0.2) is 41.2 Å². The van der Waals surface area contributed by atoms with Gasteiger partial charge in [0.25, 0.3) is 0 Å². The number of nitrogens with zero attached hydrogens (tertiary/aromatic N) is 2. The molecule has 1 saturated heterocycles. The summed E-state index contributed by atoms with van der Waals surface area (Å²) >= 11 is 0. The highest BCUT2D eigenvalue weighted by molar-refractivity contribution is 5.22. The molecule has 0 aromatic carbocycles. The topological polar surface area (TPSA) is 45.6 Å². The van der Waals surface area contributed by atoms with Crippen molar-refractivity contribution in [2.75, 3.05) is 20.2 Å². The van der Waals surface area contributed by atoms with E-state index < -0.39 is 0 Å². The standard InChI is InChI=1S/C13H20N2O2/c1-15-7-3-2-4-12(15)10-17-13-5-6-14-11(8-13)9-16/h5-6,8,12,16H,2-4,7,9-10H2,1H3. The Balaban J connectivity index is 1.88. The van der Waals surface area contributed by atoms with Crippen LogP contribution in [0.5, 0.6) is 5.75 Å². The number of hydrogen-bond donors (Lipinski definition) is 1. The van der Waals surface area contributed by atoms with Gasteiger partial charge in [0.05, 0.1) is 12.3 Å². The molecule has 0 saturated carbocycles. The van der Waals surface area contributed by atoms with Crippen molar-refractivity contribution in [2.24, 2.45) is 0 Å². The molecule has 1 fully saturated rings. The van der Waals surface area contributed by atoms with Crippen LogP contribution in [0.4, 0.5) is 0 Å². The van der Waals surface area contributed by atoms with Gasteiger partial charge in [-0.3, -0.25) is 4.98 Å². The van der Waals surface area contributed by atoms with Crippen molar-refractivity contribution in [3.05, 3.63) is 24.0 Å². The molecule has 1 unspecified atom stereocenters. The summed E-state index contributed by atoms with van der Waals surface area (Å²) in [5.74, 6) is 0.794. The minimum Gasteiger partial charge on any atom is -0.492 e. The summed E-state index contributed by atoms with van der Waals surface area (Å²) in [6.45, 7) is 1.83. The lowest BCUT2D eigenvalue weighted by Crippen LogP contribution is -2.40. The zero-order chi connectivity index (χ0) is 12.1. The van der Waals surface area contributed by atoms with E-state index in [1.807, 2.05) is 6.07 Å². The highest BCUT2D eigenvalue weighted by atomic mass is 16.5. The van der Waals surface area contributed by atoms with Crippen LogP contribution in [0.3, 0.4) is 0 Å². The van der Waals surface area contributed by atoms with Gasteiger partial charge in [-0.2, -0.15) is 0 Å². The summed E-state index contributed by atoms with van der Waals surface area (Å²) in [6, 6.07) is 4.14. The second-order valence-electron chi connectivity index (χ2n) is 4.58. The van der Waals surface area contributed by atoms with Crippen LogP contribution in [0.2, 0.25) is 0 Å². The number of rotatable bonds is 4. The monoisotopic (exact) mass is 236 g/mol. The van der Waals surface area contributed by atoms with Crippen LogP contribution in [0.15, 0.2) is 18.3 Å². The summed E-state index contributed by atoms with van der Waals surface area (Å²) < 4.78 is 5.77. The first-order valence-corrected chi connectivity index (χ1v) is 6.18. The number of ether oxygens (including phenoxy) is 1. The Morgan fingerprint density at radius 3 is 3.18 bits per heavy atom. The molecular formula is C13H20N2O2. The zero-order valence-corrected chi connectivity index (χ0v) is 10.3. The van der Waals surface area contributed by atoms with Crippen LogP contribution < -0.4 is 4.74 Å². The molecule has 2 rings (SSSR count). The Hall–Kier alpha value is -1.13. The lowest BCUT2D eigenvalue weighted by molar-refractivity contribution is 0.125. The summed E-state index contributed by atoms with van der Waals surface area (Å²) in [7, 11) is 2.15. The predicted octanol–water partition coefficient (Wildman–Crippen LogP) is 1.44. The Morgan fingerprint density at radius 2 is 2.41 bits per heavy atom. The van der Waals surface area contributed by atoms with Gasteiger partial charge in [0.2, 0.25) is 0 Å². The molecule has 1 aromatic rings. The summed E-state index contributed by atoms with van der Waals surface area (Å²) in [5, 5.41) is 8.99. The molecule has 1 aliphatic rings. The van der Waals surface area contributed by atoms with Crippen molar-refractivity contribution < 1.29 is 9.84 Å². The van der Waals surface area contributed by atoms with Gasteiger partial charge in [-0.25, -0.2) is 0 Å². The van der Waals surface area contributed by atoms with E-state index in [4.69, 9.17) is 9.84 Å². The highest BCUT2D eigenvalue weighted by Gasteiger charge is 2.19. The Morgan fingerprint density at radius 1 is 1.53 bits per heavy atom. The summed E-state index contributed by atoms with van der Waals surface area (Å²) in [5.41, 5.74) is 0.652. The largest absolute Gasteiger partial charge is 0.492 e. The van der Waals surface area contributed by atoms with E-state index in [2.05, 4.69) is 16.9 Å². The number of pyridine rings is 1. The van der Waals surface area contributed by atoms with Gasteiger partial charge in [-0.15, -0.1) is 0 Å². The van der Waals surface area contributed by atoms with E-state index in [0.717, 1.165) is 12.3 Å². The first-order valence-electron chi connectivity index (χ1n) is 6.18. The molecule has 0 bridgehead atoms. The molecule has 1 aliphatic heterocycles. The smallest absolute Gasteiger partial charge is 0.122 e. The maximum atomic E-state index is 8.99. The van der Waals surface area contributed by atoms with Gasteiger partial charge in [0, 0.05) is 18.3 Å². The number of aliphatic hydroxyl groups is 1. The van der Waals surface area contributed by atoms with Crippen molar-refractivity contribution in [2.45, 2.75) is 31.9 Å². The fourth-order valence-corrected chi connectivity index (χ4v) is 2.18. The quantitative estimate of drug-likeness (QED) is 0.859. The van der Waals surface area contributed by atoms with Gasteiger partial charge in [-0.1, -0.05) is 6.42 Å². The predicted molar refractivity (Wildman–Crippen MR) is 65.9 cm³/mol. The fourth-order valence-electron chi connectivity index (χ4n) is 2.18. The zero-order valence-electron chi connectivity index (χ0n) is 10.3. The van der Waals surface area contributed by atoms with Gasteiger partial charge < -0.3 is 14.7 Å². The van der Waals surface area contributed by atoms with Gasteiger partial charge >= 0.3 is 0 Å². The maximum absolute atomic E-state index is 8.99. The summed E-state index contributed by atoms with van der Waals surface area (Å²) in [6.07, 6.45) is 5.45. The number of aliphatic hydroxyl groups excluding tert-OH is 1. The molecule has 1 atom stereocenters. The van der Waals surface area contributed by atoms with Crippen LogP contribution in [-0.2, 0) is 6.61 Å². The third kappa shape index (κ3) is 3.41. The minimum atomic E-state index is -0.0411. The second-order valence-corrected chi connectivity index (χ2v) is 4.58. The van der Waals surface area contributed by atoms with E-state index in [1.54, 1.807) is 12.3 Å². The van der Waals surface area contributed by atoms with E-state index in [1.165, 1.54) is 19.3 Å². The minimum absolute atomic E-state index is 0.0411. The van der Waals surface area contributed by atoms with Crippen molar-refractivity contribution in [1.82, 2.24) is 9.88 Å². The molecular weight excluding hydrogens is 216 g/mol. The van der Waals surface area contributed by atoms with Gasteiger partial charge in [0.15, 0.2) is 0 Å². The maximum Gasteiger partial charge on any atom is 0.122 e. The fraction of sp³-hybridized carbons (Fsp3) is 0.615. The molecule has 0 spiro atoms. The Bertz CT molecular complexity index is 357. The lowest BCUT2D eigenvalue weighted by Gasteiger charge is -2.32. The van der Waals surface area contributed by atoms with Crippen LogP contribution in [0.1, 0.15) is 25.0 Å². The molecule has 0 amide bonds. The van der Waals surface area contributed by atoms with E-state index in [-0.39, 0.29) is 6.61 Å². The summed E-state index contributed by atoms with van der Waals surface area (Å²) in [4.78, 5) is 6.39. The average molecular weight is 236 g/mol. The first-order chi connectivity index (χ1) is 8.29. The normalized spacial score (nSPS) is 21.4. The van der Waals surface area contributed by atoms with E-state index in [9.17, 15) is 0 Å². The lowest BCUT2D eigenvalue weighted by atomic mass is 10.0. The number of likely N-dealkylation sites (tertiary alicyclic amines) is 1. The second kappa shape index (κ2) is 5.98. The Kier molecular flexibility index (Phi) is 4.34. The van der Waals surface area contributed by atoms with Crippen LogP contribution >= 0.6 is 0 Å². The third-order valence-electron chi connectivity index (χ3n) is 3.31. The Labute approximate surface area is 102 Å². The van der Waals surface area contributed by atoms with Crippen molar-refractivity contribution >= 4 is 0 Å². The number of piperidine rings is 1. The number of hydrogen-bond acceptors (Lipinski definition) is 4. The molecule has 4 heteroatoms. The molecule has 0 radical (unpaired) electrons. The average Bonchev–Trinajstić information content (AvgIpc) is 2.38. The molecule has 0 aliphatic carbocycles. The van der Waals surface area contributed by atoms with Crippen molar-refractivity contribution in [1.29, 1.82) is 0 Å². The molecule has 1 aromatic heterocycles. The molecule has 4 nitrogen and oxygen atoms in total.